The van der Waals surface area contributed by atoms with Crippen molar-refractivity contribution >= 4 is 5.91 Å². The maximum absolute atomic E-state index is 12.2. The van der Waals surface area contributed by atoms with E-state index in [9.17, 15) is 4.79 Å². The second kappa shape index (κ2) is 5.06. The molecule has 0 bridgehead atoms. The monoisotopic (exact) mass is 245 g/mol. The highest BCUT2D eigenvalue weighted by atomic mass is 16.2. The fourth-order valence-electron chi connectivity index (χ4n) is 3.02. The Morgan fingerprint density at radius 3 is 3.17 bits per heavy atom. The summed E-state index contributed by atoms with van der Waals surface area (Å²) in [5.74, 6) is 0.872. The number of fused-ring (bicyclic) bond motifs is 1. The van der Waals surface area contributed by atoms with Crippen molar-refractivity contribution in [1.82, 2.24) is 15.2 Å². The van der Waals surface area contributed by atoms with Gasteiger partial charge in [0.25, 0.3) is 0 Å². The first kappa shape index (κ1) is 11.7. The van der Waals surface area contributed by atoms with Crippen molar-refractivity contribution in [2.75, 3.05) is 19.6 Å². The van der Waals surface area contributed by atoms with Gasteiger partial charge in [-0.25, -0.2) is 0 Å². The molecule has 3 heterocycles. The minimum absolute atomic E-state index is 0.213. The molecule has 2 aliphatic rings. The molecule has 96 valence electrons. The molecule has 1 aromatic rings. The molecule has 2 unspecified atom stereocenters. The summed E-state index contributed by atoms with van der Waals surface area (Å²) in [7, 11) is 0. The van der Waals surface area contributed by atoms with Crippen LogP contribution in [-0.4, -0.2) is 41.5 Å². The topological polar surface area (TPSA) is 45.2 Å². The highest BCUT2D eigenvalue weighted by Gasteiger charge is 2.36. The predicted molar refractivity (Wildman–Crippen MR) is 69.0 cm³/mol. The van der Waals surface area contributed by atoms with Crippen LogP contribution >= 0.6 is 0 Å². The van der Waals surface area contributed by atoms with Crippen molar-refractivity contribution in [3.05, 3.63) is 30.1 Å². The van der Waals surface area contributed by atoms with Gasteiger partial charge in [-0.3, -0.25) is 9.78 Å². The van der Waals surface area contributed by atoms with Crippen LogP contribution in [0.1, 0.15) is 18.5 Å². The molecule has 2 atom stereocenters. The molecule has 2 saturated heterocycles. The van der Waals surface area contributed by atoms with Gasteiger partial charge in [0.1, 0.15) is 0 Å². The zero-order chi connectivity index (χ0) is 12.4. The fraction of sp³-hybridized carbons (Fsp3) is 0.571. The first-order valence-corrected chi connectivity index (χ1v) is 6.74. The van der Waals surface area contributed by atoms with Crippen LogP contribution in [0.2, 0.25) is 0 Å². The van der Waals surface area contributed by atoms with Crippen molar-refractivity contribution in [3.63, 3.8) is 0 Å². The maximum Gasteiger partial charge on any atom is 0.228 e. The zero-order valence-electron chi connectivity index (χ0n) is 10.5. The highest BCUT2D eigenvalue weighted by molar-refractivity contribution is 5.78. The number of carbonyl (C=O) groups is 1. The molecule has 1 aromatic heterocycles. The van der Waals surface area contributed by atoms with Gasteiger partial charge in [-0.05, 0) is 37.4 Å². The molecule has 2 aliphatic heterocycles. The average molecular weight is 245 g/mol. The lowest BCUT2D eigenvalue weighted by molar-refractivity contribution is -0.129. The summed E-state index contributed by atoms with van der Waals surface area (Å²) < 4.78 is 0. The third kappa shape index (κ3) is 2.38. The molecule has 3 rings (SSSR count). The Morgan fingerprint density at radius 1 is 1.44 bits per heavy atom. The molecule has 0 radical (unpaired) electrons. The van der Waals surface area contributed by atoms with E-state index in [2.05, 4.69) is 10.3 Å². The smallest absolute Gasteiger partial charge is 0.228 e. The lowest BCUT2D eigenvalue weighted by atomic mass is 9.94. The van der Waals surface area contributed by atoms with Crippen molar-refractivity contribution in [2.45, 2.75) is 25.3 Å². The second-order valence-corrected chi connectivity index (χ2v) is 5.26. The summed E-state index contributed by atoms with van der Waals surface area (Å²) in [5.41, 5.74) is 0.866. The Labute approximate surface area is 107 Å². The number of piperidine rings is 1. The Bertz CT molecular complexity index is 406. The SMILES string of the molecule is O=C(Cc1ccccn1)N1CC2CCCNC2C1. The summed E-state index contributed by atoms with van der Waals surface area (Å²) in [4.78, 5) is 18.4. The van der Waals surface area contributed by atoms with E-state index in [1.165, 1.54) is 12.8 Å². The van der Waals surface area contributed by atoms with E-state index in [1.54, 1.807) is 6.20 Å². The van der Waals surface area contributed by atoms with Crippen molar-refractivity contribution in [2.24, 2.45) is 5.92 Å². The Morgan fingerprint density at radius 2 is 2.39 bits per heavy atom. The number of rotatable bonds is 2. The largest absolute Gasteiger partial charge is 0.340 e. The first-order valence-electron chi connectivity index (χ1n) is 6.74. The summed E-state index contributed by atoms with van der Waals surface area (Å²) in [5, 5.41) is 3.52. The van der Waals surface area contributed by atoms with Gasteiger partial charge in [0.15, 0.2) is 0 Å². The number of carbonyl (C=O) groups excluding carboxylic acids is 1. The van der Waals surface area contributed by atoms with Crippen LogP contribution in [0.25, 0.3) is 0 Å². The molecule has 0 aliphatic carbocycles. The maximum atomic E-state index is 12.2. The first-order chi connectivity index (χ1) is 8.83. The van der Waals surface area contributed by atoms with Crippen LogP contribution in [0, 0.1) is 5.92 Å². The predicted octanol–water partition coefficient (Wildman–Crippen LogP) is 0.834. The van der Waals surface area contributed by atoms with Gasteiger partial charge in [-0.2, -0.15) is 0 Å². The minimum atomic E-state index is 0.213. The van der Waals surface area contributed by atoms with Crippen molar-refractivity contribution in [3.8, 4) is 0 Å². The quantitative estimate of drug-likeness (QED) is 0.839. The van der Waals surface area contributed by atoms with E-state index in [0.29, 0.717) is 18.4 Å². The van der Waals surface area contributed by atoms with E-state index in [0.717, 1.165) is 25.3 Å². The lowest BCUT2D eigenvalue weighted by Crippen LogP contribution is -2.41. The summed E-state index contributed by atoms with van der Waals surface area (Å²) in [6, 6.07) is 6.24. The van der Waals surface area contributed by atoms with Gasteiger partial charge >= 0.3 is 0 Å². The van der Waals surface area contributed by atoms with E-state index < -0.39 is 0 Å². The van der Waals surface area contributed by atoms with Gasteiger partial charge < -0.3 is 10.2 Å². The van der Waals surface area contributed by atoms with Crippen LogP contribution < -0.4 is 5.32 Å². The highest BCUT2D eigenvalue weighted by Crippen LogP contribution is 2.25. The van der Waals surface area contributed by atoms with Gasteiger partial charge in [-0.15, -0.1) is 0 Å². The van der Waals surface area contributed by atoms with Crippen molar-refractivity contribution in [1.29, 1.82) is 0 Å². The molecule has 0 saturated carbocycles. The van der Waals surface area contributed by atoms with Crippen LogP contribution in [0.3, 0.4) is 0 Å². The number of pyridine rings is 1. The molecular weight excluding hydrogens is 226 g/mol. The van der Waals surface area contributed by atoms with Gasteiger partial charge in [0.05, 0.1) is 6.42 Å². The zero-order valence-corrected chi connectivity index (χ0v) is 10.5. The number of hydrogen-bond donors (Lipinski definition) is 1. The molecule has 0 aromatic carbocycles. The van der Waals surface area contributed by atoms with Crippen LogP contribution in [0.5, 0.6) is 0 Å². The molecule has 4 heteroatoms. The van der Waals surface area contributed by atoms with Gasteiger partial charge in [0.2, 0.25) is 5.91 Å². The van der Waals surface area contributed by atoms with Crippen LogP contribution in [-0.2, 0) is 11.2 Å². The second-order valence-electron chi connectivity index (χ2n) is 5.26. The standard InChI is InChI=1S/C14H19N3O/c18-14(8-12-5-1-2-6-15-12)17-9-11-4-3-7-16-13(11)10-17/h1-2,5-6,11,13,16H,3-4,7-10H2. The Balaban J connectivity index is 1.60. The van der Waals surface area contributed by atoms with Crippen molar-refractivity contribution < 1.29 is 4.79 Å². The molecule has 2 fully saturated rings. The molecule has 1 amide bonds. The third-order valence-corrected chi connectivity index (χ3v) is 4.01. The summed E-state index contributed by atoms with van der Waals surface area (Å²) in [6.45, 7) is 2.89. The van der Waals surface area contributed by atoms with E-state index in [-0.39, 0.29) is 5.91 Å². The van der Waals surface area contributed by atoms with Gasteiger partial charge in [0, 0.05) is 31.0 Å². The summed E-state index contributed by atoms with van der Waals surface area (Å²) in [6.07, 6.45) is 4.67. The number of hydrogen-bond acceptors (Lipinski definition) is 3. The van der Waals surface area contributed by atoms with Crippen LogP contribution in [0.15, 0.2) is 24.4 Å². The lowest BCUT2D eigenvalue weighted by Gasteiger charge is -2.24. The van der Waals surface area contributed by atoms with Crippen LogP contribution in [0.4, 0.5) is 0 Å². The van der Waals surface area contributed by atoms with E-state index in [1.807, 2.05) is 23.1 Å². The normalized spacial score (nSPS) is 27.0. The number of amides is 1. The minimum Gasteiger partial charge on any atom is -0.340 e. The summed E-state index contributed by atoms with van der Waals surface area (Å²) >= 11 is 0. The Hall–Kier alpha value is -1.42. The number of nitrogens with zero attached hydrogens (tertiary/aromatic N) is 2. The van der Waals surface area contributed by atoms with E-state index in [4.69, 9.17) is 0 Å². The molecule has 4 nitrogen and oxygen atoms in total. The Kier molecular flexibility index (Phi) is 3.28. The average Bonchev–Trinajstić information content (AvgIpc) is 2.84. The third-order valence-electron chi connectivity index (χ3n) is 4.01. The molecule has 1 N–H and O–H groups in total. The number of aromatic nitrogens is 1. The number of nitrogens with one attached hydrogen (secondary N) is 1. The molecule has 0 spiro atoms. The number of likely N-dealkylation sites (tertiary alicyclic amines) is 1. The van der Waals surface area contributed by atoms with E-state index >= 15 is 0 Å². The fourth-order valence-corrected chi connectivity index (χ4v) is 3.02. The van der Waals surface area contributed by atoms with Gasteiger partial charge in [-0.1, -0.05) is 6.07 Å². The molecule has 18 heavy (non-hydrogen) atoms. The molecular formula is C14H19N3O.